The number of Topliss-reactive ketones (excluding diaryl/α,β-unsaturated/α-hetero) is 1. The third kappa shape index (κ3) is 4.61. The van der Waals surface area contributed by atoms with E-state index in [1.807, 2.05) is 20.8 Å². The molecule has 24 heavy (non-hydrogen) atoms. The van der Waals surface area contributed by atoms with Gasteiger partial charge in [0, 0.05) is 22.5 Å². The SMILES string of the molecule is CC(=O)c1cc(Br)c(C(=O)N2CCSCC2C(=O)OC(C)(C)C)s1. The third-order valence-electron chi connectivity index (χ3n) is 3.30. The zero-order chi connectivity index (χ0) is 18.1. The molecule has 1 aromatic heterocycles. The largest absolute Gasteiger partial charge is 0.458 e. The van der Waals surface area contributed by atoms with Crippen LogP contribution in [0.5, 0.6) is 0 Å². The van der Waals surface area contributed by atoms with Crippen molar-refractivity contribution in [2.75, 3.05) is 18.1 Å². The Bertz CT molecular complexity index is 666. The summed E-state index contributed by atoms with van der Waals surface area (Å²) in [6.07, 6.45) is 0. The van der Waals surface area contributed by atoms with Gasteiger partial charge in [-0.3, -0.25) is 9.59 Å². The van der Waals surface area contributed by atoms with Crippen LogP contribution in [0.15, 0.2) is 10.5 Å². The van der Waals surface area contributed by atoms with E-state index in [0.29, 0.717) is 26.5 Å². The van der Waals surface area contributed by atoms with E-state index in [1.54, 1.807) is 22.7 Å². The predicted molar refractivity (Wildman–Crippen MR) is 100 cm³/mol. The van der Waals surface area contributed by atoms with Gasteiger partial charge in [-0.05, 0) is 49.7 Å². The molecule has 1 amide bonds. The van der Waals surface area contributed by atoms with Gasteiger partial charge in [0.1, 0.15) is 16.5 Å². The molecular formula is C16H20BrNO4S2. The molecule has 1 aromatic rings. The van der Waals surface area contributed by atoms with E-state index in [1.165, 1.54) is 6.92 Å². The number of esters is 1. The number of carbonyl (C=O) groups excluding carboxylic acids is 3. The molecule has 8 heteroatoms. The first-order chi connectivity index (χ1) is 11.1. The van der Waals surface area contributed by atoms with Gasteiger partial charge in [0.05, 0.1) is 4.88 Å². The first-order valence-electron chi connectivity index (χ1n) is 7.52. The van der Waals surface area contributed by atoms with E-state index in [9.17, 15) is 14.4 Å². The van der Waals surface area contributed by atoms with E-state index in [-0.39, 0.29) is 17.7 Å². The van der Waals surface area contributed by atoms with Crippen molar-refractivity contribution >= 4 is 56.7 Å². The molecule has 1 aliphatic heterocycles. The van der Waals surface area contributed by atoms with Gasteiger partial charge in [-0.1, -0.05) is 0 Å². The van der Waals surface area contributed by atoms with Crippen molar-refractivity contribution in [3.63, 3.8) is 0 Å². The van der Waals surface area contributed by atoms with Gasteiger partial charge in [0.15, 0.2) is 5.78 Å². The van der Waals surface area contributed by atoms with Crippen molar-refractivity contribution in [2.24, 2.45) is 0 Å². The maximum absolute atomic E-state index is 12.9. The lowest BCUT2D eigenvalue weighted by Crippen LogP contribution is -2.52. The normalized spacial score (nSPS) is 18.4. The number of hydrogen-bond donors (Lipinski definition) is 0. The number of nitrogens with zero attached hydrogens (tertiary/aromatic N) is 1. The molecule has 0 saturated carbocycles. The molecule has 0 aliphatic carbocycles. The van der Waals surface area contributed by atoms with Crippen molar-refractivity contribution in [2.45, 2.75) is 39.3 Å². The molecule has 2 rings (SSSR count). The second kappa shape index (κ2) is 7.58. The van der Waals surface area contributed by atoms with Crippen LogP contribution in [0.3, 0.4) is 0 Å². The number of thioether (sulfide) groups is 1. The number of hydrogen-bond acceptors (Lipinski definition) is 6. The van der Waals surface area contributed by atoms with Gasteiger partial charge < -0.3 is 9.64 Å². The Labute approximate surface area is 158 Å². The van der Waals surface area contributed by atoms with Crippen molar-refractivity contribution < 1.29 is 19.1 Å². The summed E-state index contributed by atoms with van der Waals surface area (Å²) in [5.41, 5.74) is -0.598. The minimum atomic E-state index is -0.606. The topological polar surface area (TPSA) is 63.7 Å². The monoisotopic (exact) mass is 433 g/mol. The number of rotatable bonds is 3. The summed E-state index contributed by atoms with van der Waals surface area (Å²) in [4.78, 5) is 39.4. The first kappa shape index (κ1) is 19.5. The van der Waals surface area contributed by atoms with Crippen molar-refractivity contribution in [3.05, 3.63) is 20.3 Å². The van der Waals surface area contributed by atoms with Gasteiger partial charge in [-0.25, -0.2) is 4.79 Å². The highest BCUT2D eigenvalue weighted by Gasteiger charge is 2.37. The summed E-state index contributed by atoms with van der Waals surface area (Å²) in [7, 11) is 0. The molecule has 0 radical (unpaired) electrons. The fraction of sp³-hybridized carbons (Fsp3) is 0.562. The molecule has 1 saturated heterocycles. The molecule has 132 valence electrons. The van der Waals surface area contributed by atoms with Crippen LogP contribution in [0.25, 0.3) is 0 Å². The molecular weight excluding hydrogens is 414 g/mol. The summed E-state index contributed by atoms with van der Waals surface area (Å²) < 4.78 is 6.05. The summed E-state index contributed by atoms with van der Waals surface area (Å²) in [5, 5.41) is 0. The number of ether oxygens (including phenoxy) is 1. The molecule has 0 bridgehead atoms. The quantitative estimate of drug-likeness (QED) is 0.537. The lowest BCUT2D eigenvalue weighted by molar-refractivity contribution is -0.159. The lowest BCUT2D eigenvalue weighted by Gasteiger charge is -2.35. The number of thiophene rings is 1. The average Bonchev–Trinajstić information content (AvgIpc) is 2.87. The van der Waals surface area contributed by atoms with E-state index in [2.05, 4.69) is 15.9 Å². The van der Waals surface area contributed by atoms with Gasteiger partial charge >= 0.3 is 5.97 Å². The Balaban J connectivity index is 2.25. The number of carbonyl (C=O) groups is 3. The second-order valence-corrected chi connectivity index (χ2v) is 9.52. The number of amides is 1. The Morgan fingerprint density at radius 1 is 1.33 bits per heavy atom. The number of ketones is 1. The van der Waals surface area contributed by atoms with Crippen LogP contribution in [0.4, 0.5) is 0 Å². The molecule has 2 heterocycles. The van der Waals surface area contributed by atoms with Crippen molar-refractivity contribution in [3.8, 4) is 0 Å². The minimum Gasteiger partial charge on any atom is -0.458 e. The number of halogens is 1. The first-order valence-corrected chi connectivity index (χ1v) is 10.3. The van der Waals surface area contributed by atoms with Crippen molar-refractivity contribution in [1.82, 2.24) is 4.90 Å². The van der Waals surface area contributed by atoms with Crippen LogP contribution in [-0.2, 0) is 9.53 Å². The molecule has 0 N–H and O–H groups in total. The Hall–Kier alpha value is -0.860. The highest BCUT2D eigenvalue weighted by atomic mass is 79.9. The third-order valence-corrected chi connectivity index (χ3v) is 6.43. The van der Waals surface area contributed by atoms with Gasteiger partial charge in [0.2, 0.25) is 0 Å². The van der Waals surface area contributed by atoms with E-state index in [4.69, 9.17) is 4.74 Å². The second-order valence-electron chi connectivity index (χ2n) is 6.47. The maximum Gasteiger partial charge on any atom is 0.330 e. The molecule has 1 aliphatic rings. The zero-order valence-electron chi connectivity index (χ0n) is 14.1. The molecule has 1 unspecified atom stereocenters. The van der Waals surface area contributed by atoms with E-state index < -0.39 is 11.6 Å². The Morgan fingerprint density at radius 3 is 2.54 bits per heavy atom. The fourth-order valence-electron chi connectivity index (χ4n) is 2.23. The van der Waals surface area contributed by atoms with Gasteiger partial charge in [-0.15, -0.1) is 11.3 Å². The van der Waals surface area contributed by atoms with E-state index >= 15 is 0 Å². The van der Waals surface area contributed by atoms with Crippen LogP contribution in [0, 0.1) is 0 Å². The smallest absolute Gasteiger partial charge is 0.330 e. The molecule has 5 nitrogen and oxygen atoms in total. The average molecular weight is 434 g/mol. The van der Waals surface area contributed by atoms with Crippen LogP contribution in [-0.4, -0.2) is 52.3 Å². The van der Waals surface area contributed by atoms with Crippen molar-refractivity contribution in [1.29, 1.82) is 0 Å². The molecule has 1 atom stereocenters. The van der Waals surface area contributed by atoms with E-state index in [0.717, 1.165) is 17.1 Å². The van der Waals surface area contributed by atoms with Crippen LogP contribution in [0.1, 0.15) is 47.0 Å². The lowest BCUT2D eigenvalue weighted by atomic mass is 10.2. The van der Waals surface area contributed by atoms with Crippen LogP contribution < -0.4 is 0 Å². The summed E-state index contributed by atoms with van der Waals surface area (Å²) in [5.74, 6) is 0.576. The standard InChI is InChI=1S/C16H20BrNO4S2/c1-9(19)12-7-10(17)13(24-12)14(20)18-5-6-23-8-11(18)15(21)22-16(2,3)4/h7,11H,5-6,8H2,1-4H3. The summed E-state index contributed by atoms with van der Waals surface area (Å²) >= 11 is 6.13. The Kier molecular flexibility index (Phi) is 6.14. The summed E-state index contributed by atoms with van der Waals surface area (Å²) in [6.45, 7) is 7.37. The minimum absolute atomic E-state index is 0.0855. The highest BCUT2D eigenvalue weighted by molar-refractivity contribution is 9.10. The van der Waals surface area contributed by atoms with Gasteiger partial charge in [-0.2, -0.15) is 11.8 Å². The fourth-order valence-corrected chi connectivity index (χ4v) is 4.96. The molecule has 0 aromatic carbocycles. The van der Waals surface area contributed by atoms with Crippen LogP contribution >= 0.6 is 39.0 Å². The predicted octanol–water partition coefficient (Wildman–Crippen LogP) is 3.61. The van der Waals surface area contributed by atoms with Gasteiger partial charge in [0.25, 0.3) is 5.91 Å². The van der Waals surface area contributed by atoms with Crippen LogP contribution in [0.2, 0.25) is 0 Å². The maximum atomic E-state index is 12.9. The summed E-state index contributed by atoms with van der Waals surface area (Å²) in [6, 6.07) is 1.05. The molecule has 0 spiro atoms. The zero-order valence-corrected chi connectivity index (χ0v) is 17.3. The molecule has 1 fully saturated rings. The highest BCUT2D eigenvalue weighted by Crippen LogP contribution is 2.31. The Morgan fingerprint density at radius 2 is 2.00 bits per heavy atom.